The molecule has 186 valence electrons. The van der Waals surface area contributed by atoms with Crippen LogP contribution in [0.2, 0.25) is 0 Å². The van der Waals surface area contributed by atoms with Gasteiger partial charge < -0.3 is 9.47 Å². The lowest BCUT2D eigenvalue weighted by Gasteiger charge is -2.49. The monoisotopic (exact) mass is 482 g/mol. The first kappa shape index (κ1) is 24.9. The number of piperazine rings is 1. The smallest absolute Gasteiger partial charge is 0.263 e. The molecule has 1 fully saturated rings. The predicted molar refractivity (Wildman–Crippen MR) is 133 cm³/mol. The number of nitrogens with zero attached hydrogens (tertiary/aromatic N) is 6. The van der Waals surface area contributed by atoms with Crippen LogP contribution in [-0.2, 0) is 13.6 Å². The Bertz CT molecular complexity index is 1280. The number of benzene rings is 1. The van der Waals surface area contributed by atoms with E-state index in [0.29, 0.717) is 5.52 Å². The zero-order valence-corrected chi connectivity index (χ0v) is 20.7. The Hall–Kier alpha value is -3.25. The minimum Gasteiger partial charge on any atom is -0.364 e. The average molecular weight is 483 g/mol. The Labute approximate surface area is 204 Å². The van der Waals surface area contributed by atoms with Crippen LogP contribution in [0.3, 0.4) is 0 Å². The molecule has 0 amide bonds. The van der Waals surface area contributed by atoms with E-state index in [1.165, 1.54) is 12.1 Å². The third-order valence-corrected chi connectivity index (χ3v) is 7.33. The van der Waals surface area contributed by atoms with Crippen molar-refractivity contribution >= 4 is 16.7 Å². The van der Waals surface area contributed by atoms with Gasteiger partial charge in [0, 0.05) is 49.9 Å². The summed E-state index contributed by atoms with van der Waals surface area (Å²) in [5.74, 6) is 0. The molecule has 0 aliphatic carbocycles. The normalized spacial score (nSPS) is 19.9. The third-order valence-electron chi connectivity index (χ3n) is 7.33. The van der Waals surface area contributed by atoms with Gasteiger partial charge in [-0.3, -0.25) is 14.4 Å². The van der Waals surface area contributed by atoms with Gasteiger partial charge in [0.1, 0.15) is 12.1 Å². The number of rotatable bonds is 7. The number of anilines is 1. The number of aromatic nitrogens is 3. The number of halogens is 2. The van der Waals surface area contributed by atoms with Crippen LogP contribution in [-0.4, -0.2) is 44.4 Å². The molecule has 3 aromatic rings. The Morgan fingerprint density at radius 2 is 1.77 bits per heavy atom. The fourth-order valence-electron chi connectivity index (χ4n) is 5.18. The highest BCUT2D eigenvalue weighted by atomic mass is 19.3. The number of hydrogen-bond donors (Lipinski definition) is 0. The van der Waals surface area contributed by atoms with E-state index in [4.69, 9.17) is 5.26 Å². The van der Waals surface area contributed by atoms with Crippen molar-refractivity contribution in [3.8, 4) is 6.07 Å². The largest absolute Gasteiger partial charge is 0.364 e. The molecule has 0 spiro atoms. The van der Waals surface area contributed by atoms with Gasteiger partial charge in [-0.2, -0.15) is 10.4 Å². The summed E-state index contributed by atoms with van der Waals surface area (Å²) in [6.07, 6.45) is 1.06. The third kappa shape index (κ3) is 4.67. The number of pyridine rings is 1. The van der Waals surface area contributed by atoms with E-state index in [-0.39, 0.29) is 35.8 Å². The Kier molecular flexibility index (Phi) is 7.22. The molecule has 1 unspecified atom stereocenters. The minimum absolute atomic E-state index is 0.0368. The Morgan fingerprint density at radius 3 is 2.37 bits per heavy atom. The summed E-state index contributed by atoms with van der Waals surface area (Å²) >= 11 is 0. The van der Waals surface area contributed by atoms with E-state index in [1.807, 2.05) is 0 Å². The number of aryl methyl sites for hydroxylation is 1. The van der Waals surface area contributed by atoms with Gasteiger partial charge in [-0.15, -0.1) is 0 Å². The van der Waals surface area contributed by atoms with E-state index in [0.717, 1.165) is 42.7 Å². The molecule has 35 heavy (non-hydrogen) atoms. The van der Waals surface area contributed by atoms with Crippen LogP contribution in [0.5, 0.6) is 0 Å². The molecule has 3 atom stereocenters. The maximum Gasteiger partial charge on any atom is 0.263 e. The average Bonchev–Trinajstić information content (AvgIpc) is 3.29. The Balaban J connectivity index is 1.69. The predicted octanol–water partition coefficient (Wildman–Crippen LogP) is 4.64. The second-order valence-corrected chi connectivity index (χ2v) is 9.26. The molecule has 1 aliphatic heterocycles. The van der Waals surface area contributed by atoms with Gasteiger partial charge in [-0.25, -0.2) is 8.78 Å². The van der Waals surface area contributed by atoms with Crippen LogP contribution in [0.25, 0.3) is 11.0 Å². The minimum atomic E-state index is -2.47. The van der Waals surface area contributed by atoms with Crippen molar-refractivity contribution in [1.82, 2.24) is 19.2 Å². The number of alkyl halides is 2. The van der Waals surface area contributed by atoms with Crippen molar-refractivity contribution in [2.75, 3.05) is 18.0 Å². The summed E-state index contributed by atoms with van der Waals surface area (Å²) in [6.45, 7) is 8.03. The zero-order chi connectivity index (χ0) is 25.3. The van der Waals surface area contributed by atoms with Crippen molar-refractivity contribution < 1.29 is 8.78 Å². The van der Waals surface area contributed by atoms with Gasteiger partial charge in [0.05, 0.1) is 23.5 Å². The molecule has 0 radical (unpaired) electrons. The zero-order valence-electron chi connectivity index (χ0n) is 20.7. The van der Waals surface area contributed by atoms with E-state index in [9.17, 15) is 13.6 Å². The quantitative estimate of drug-likeness (QED) is 0.491. The number of fused-ring (bicyclic) bond motifs is 1. The summed E-state index contributed by atoms with van der Waals surface area (Å²) in [6, 6.07) is 10.8. The van der Waals surface area contributed by atoms with Gasteiger partial charge in [0.25, 0.3) is 12.0 Å². The van der Waals surface area contributed by atoms with E-state index in [2.05, 4.69) is 41.7 Å². The van der Waals surface area contributed by atoms with Crippen LogP contribution in [0.1, 0.15) is 57.2 Å². The number of hydrogen-bond acceptors (Lipinski definition) is 5. The lowest BCUT2D eigenvalue weighted by molar-refractivity contribution is 0.101. The van der Waals surface area contributed by atoms with Gasteiger partial charge in [0.15, 0.2) is 0 Å². The van der Waals surface area contributed by atoms with Crippen LogP contribution < -0.4 is 10.5 Å². The highest BCUT2D eigenvalue weighted by Gasteiger charge is 2.36. The summed E-state index contributed by atoms with van der Waals surface area (Å²) in [7, 11) is 1.72. The molecule has 0 N–H and O–H groups in total. The van der Waals surface area contributed by atoms with Gasteiger partial charge in [-0.05, 0) is 25.3 Å². The van der Waals surface area contributed by atoms with Gasteiger partial charge in [0.2, 0.25) is 0 Å². The molecule has 0 saturated carbocycles. The molecular weight excluding hydrogens is 450 g/mol. The van der Waals surface area contributed by atoms with Crippen LogP contribution in [0, 0.1) is 11.3 Å². The maximum absolute atomic E-state index is 13.0. The van der Waals surface area contributed by atoms with E-state index < -0.39 is 6.43 Å². The highest BCUT2D eigenvalue weighted by molar-refractivity contribution is 5.88. The number of nitriles is 1. The summed E-state index contributed by atoms with van der Waals surface area (Å²) in [5, 5.41) is 13.8. The van der Waals surface area contributed by atoms with Gasteiger partial charge >= 0.3 is 0 Å². The molecule has 3 heterocycles. The summed E-state index contributed by atoms with van der Waals surface area (Å²) < 4.78 is 29.2. The lowest BCUT2D eigenvalue weighted by Crippen LogP contribution is -2.58. The molecule has 1 aliphatic rings. The topological polar surface area (TPSA) is 70.1 Å². The molecule has 1 aromatic carbocycles. The SMILES string of the molecule is CC[C@H]1CN(C(C)c2ccc(C(F)F)cc2)[C@H](CC)CN1c1cc(=O)n(C)c2cn(CC#N)nc12. The molecule has 9 heteroatoms. The Morgan fingerprint density at radius 1 is 1.11 bits per heavy atom. The molecule has 2 aromatic heterocycles. The lowest BCUT2D eigenvalue weighted by atomic mass is 9.96. The fraction of sp³-hybridized carbons (Fsp3) is 0.500. The summed E-state index contributed by atoms with van der Waals surface area (Å²) in [4.78, 5) is 17.6. The van der Waals surface area contributed by atoms with E-state index >= 15 is 0 Å². The van der Waals surface area contributed by atoms with Crippen LogP contribution >= 0.6 is 0 Å². The van der Waals surface area contributed by atoms with Crippen molar-refractivity contribution in [2.45, 2.75) is 64.7 Å². The standard InChI is InChI=1S/C26H32F2N6O/c1-5-20-15-34(22-13-24(35)31(4)23-16-32(12-11-29)30-25(22)23)21(6-2)14-33(20)17(3)18-7-9-19(10-8-18)26(27)28/h7-10,13,16-17,20-21,26H,5-6,12,14-15H2,1-4H3/t17?,20-,21+/m1/s1. The van der Waals surface area contributed by atoms with Crippen LogP contribution in [0.15, 0.2) is 41.3 Å². The maximum atomic E-state index is 13.0. The molecule has 4 rings (SSSR count). The molecular formula is C26H32F2N6O. The second-order valence-electron chi connectivity index (χ2n) is 9.26. The highest BCUT2D eigenvalue weighted by Crippen LogP contribution is 2.34. The fourth-order valence-corrected chi connectivity index (χ4v) is 5.18. The molecule has 0 bridgehead atoms. The van der Waals surface area contributed by atoms with E-state index in [1.54, 1.807) is 40.7 Å². The first-order chi connectivity index (χ1) is 16.8. The van der Waals surface area contributed by atoms with Crippen molar-refractivity contribution in [3.05, 3.63) is 58.0 Å². The van der Waals surface area contributed by atoms with Crippen molar-refractivity contribution in [2.24, 2.45) is 7.05 Å². The van der Waals surface area contributed by atoms with Gasteiger partial charge in [-0.1, -0.05) is 38.1 Å². The second kappa shape index (κ2) is 10.2. The van der Waals surface area contributed by atoms with Crippen molar-refractivity contribution in [3.63, 3.8) is 0 Å². The van der Waals surface area contributed by atoms with Crippen molar-refractivity contribution in [1.29, 1.82) is 5.26 Å². The summed E-state index contributed by atoms with van der Waals surface area (Å²) in [5.41, 5.74) is 3.18. The first-order valence-electron chi connectivity index (χ1n) is 12.1. The first-order valence-corrected chi connectivity index (χ1v) is 12.1. The van der Waals surface area contributed by atoms with Crippen LogP contribution in [0.4, 0.5) is 14.5 Å². The molecule has 1 saturated heterocycles. The molecule has 7 nitrogen and oxygen atoms in total.